The summed E-state index contributed by atoms with van der Waals surface area (Å²) in [4.78, 5) is 19.3. The fourth-order valence-electron chi connectivity index (χ4n) is 3.25. The lowest BCUT2D eigenvalue weighted by atomic mass is 10.1. The van der Waals surface area contributed by atoms with Crippen LogP contribution in [0.1, 0.15) is 24.2 Å². The normalized spacial score (nSPS) is 10.8. The molecule has 2 aromatic carbocycles. The third kappa shape index (κ3) is 5.40. The molecule has 0 saturated heterocycles. The van der Waals surface area contributed by atoms with Crippen LogP contribution < -0.4 is 10.2 Å². The summed E-state index contributed by atoms with van der Waals surface area (Å²) in [5.74, 6) is 0.658. The molecule has 0 fully saturated rings. The average Bonchev–Trinajstić information content (AvgIpc) is 3.43. The van der Waals surface area contributed by atoms with E-state index in [1.54, 1.807) is 17.0 Å². The second kappa shape index (κ2) is 10.2. The number of carbonyl (C=O) groups is 1. The number of hydrogen-bond donors (Lipinski definition) is 3. The van der Waals surface area contributed by atoms with Gasteiger partial charge in [0.25, 0.3) is 0 Å². The molecule has 0 radical (unpaired) electrons. The molecular weight excluding hydrogens is 444 g/mol. The lowest BCUT2D eigenvalue weighted by Gasteiger charge is -2.23. The Balaban J connectivity index is 1.49. The number of nitriles is 1. The summed E-state index contributed by atoms with van der Waals surface area (Å²) in [6, 6.07) is 14.9. The van der Waals surface area contributed by atoms with Gasteiger partial charge in [-0.15, -0.1) is 34.2 Å². The van der Waals surface area contributed by atoms with Gasteiger partial charge in [0.2, 0.25) is 0 Å². The number of anilines is 2. The lowest BCUT2D eigenvalue weighted by Crippen LogP contribution is -2.35. The molecule has 2 amide bonds. The number of unbranched alkanes of at least 4 members (excludes halogenated alkanes) is 1. The Labute approximate surface area is 193 Å². The standard InChI is InChI=1S/C21H20N8OS2/c22-11-10-14-4-6-15(7-5-14)23-20(30)29(12-2-1-3-19-25-27-28-26-19)16-8-9-17-18(13-16)32-21(31)24-17/h4-9,13H,1-3,10,12H2,(H,23,30)(H,24,31)(H,25,26,27,28). The Bertz CT molecular complexity index is 1230. The predicted octanol–water partition coefficient (Wildman–Crippen LogP) is 4.23. The maximum absolute atomic E-state index is 13.2. The van der Waals surface area contributed by atoms with Gasteiger partial charge >= 0.3 is 6.03 Å². The van der Waals surface area contributed by atoms with Crippen LogP contribution in [0.3, 0.4) is 0 Å². The van der Waals surface area contributed by atoms with E-state index in [-0.39, 0.29) is 6.03 Å². The van der Waals surface area contributed by atoms with Gasteiger partial charge in [-0.1, -0.05) is 17.3 Å². The zero-order chi connectivity index (χ0) is 22.3. The fraction of sp³-hybridized carbons (Fsp3) is 0.238. The molecule has 0 atom stereocenters. The van der Waals surface area contributed by atoms with Crippen molar-refractivity contribution in [3.05, 3.63) is 53.9 Å². The molecule has 4 aromatic rings. The smallest absolute Gasteiger partial charge is 0.308 e. The molecular formula is C21H20N8OS2. The van der Waals surface area contributed by atoms with E-state index in [4.69, 9.17) is 5.26 Å². The van der Waals surface area contributed by atoms with Gasteiger partial charge in [-0.05, 0) is 48.7 Å². The van der Waals surface area contributed by atoms with Crippen LogP contribution >= 0.6 is 24.0 Å². The van der Waals surface area contributed by atoms with E-state index in [1.807, 2.05) is 30.3 Å². The molecule has 0 aliphatic rings. The van der Waals surface area contributed by atoms with Crippen LogP contribution in [-0.2, 0) is 12.8 Å². The summed E-state index contributed by atoms with van der Waals surface area (Å²) in [6.45, 7) is 0.522. The number of carbonyl (C=O) groups excluding carboxylic acids is 1. The summed E-state index contributed by atoms with van der Waals surface area (Å²) < 4.78 is 1.66. The van der Waals surface area contributed by atoms with Crippen molar-refractivity contribution >= 4 is 51.6 Å². The van der Waals surface area contributed by atoms with Crippen molar-refractivity contribution < 1.29 is 4.79 Å². The van der Waals surface area contributed by atoms with Crippen molar-refractivity contribution in [2.45, 2.75) is 30.0 Å². The number of thiazole rings is 1. The molecule has 9 nitrogen and oxygen atoms in total. The highest BCUT2D eigenvalue weighted by atomic mass is 32.2. The maximum atomic E-state index is 13.2. The molecule has 0 aliphatic heterocycles. The fourth-order valence-corrected chi connectivity index (χ4v) is 4.39. The molecule has 2 N–H and O–H groups in total. The highest BCUT2D eigenvalue weighted by Crippen LogP contribution is 2.29. The van der Waals surface area contributed by atoms with Crippen molar-refractivity contribution in [3.63, 3.8) is 0 Å². The lowest BCUT2D eigenvalue weighted by molar-refractivity contribution is 0.256. The number of urea groups is 1. The van der Waals surface area contributed by atoms with Crippen LogP contribution in [0, 0.1) is 11.3 Å². The number of benzene rings is 2. The number of rotatable bonds is 8. The molecule has 0 spiro atoms. The largest absolute Gasteiger partial charge is 0.326 e. The number of fused-ring (bicyclic) bond motifs is 1. The van der Waals surface area contributed by atoms with Gasteiger partial charge in [0.15, 0.2) is 5.82 Å². The van der Waals surface area contributed by atoms with Crippen LogP contribution in [0.5, 0.6) is 0 Å². The van der Waals surface area contributed by atoms with Crippen LogP contribution in [0.4, 0.5) is 16.2 Å². The Hall–Kier alpha value is -3.49. The number of tetrazole rings is 1. The monoisotopic (exact) mass is 464 g/mol. The first-order chi connectivity index (χ1) is 15.6. The van der Waals surface area contributed by atoms with Gasteiger partial charge in [-0.2, -0.15) is 10.5 Å². The summed E-state index contributed by atoms with van der Waals surface area (Å²) in [6.07, 6.45) is 2.60. The Morgan fingerprint density at radius 3 is 2.81 bits per heavy atom. The number of amides is 2. The predicted molar refractivity (Wildman–Crippen MR) is 126 cm³/mol. The number of aromatic nitrogens is 5. The van der Waals surface area contributed by atoms with Crippen molar-refractivity contribution in [2.24, 2.45) is 0 Å². The van der Waals surface area contributed by atoms with Gasteiger partial charge < -0.3 is 5.32 Å². The topological polar surface area (TPSA) is 123 Å². The maximum Gasteiger partial charge on any atom is 0.326 e. The second-order valence-corrected chi connectivity index (χ2v) is 8.80. The van der Waals surface area contributed by atoms with Crippen molar-refractivity contribution in [1.82, 2.24) is 25.6 Å². The zero-order valence-electron chi connectivity index (χ0n) is 17.0. The molecule has 11 heteroatoms. The van der Waals surface area contributed by atoms with Crippen LogP contribution in [0.2, 0.25) is 0 Å². The first-order valence-corrected chi connectivity index (χ1v) is 11.2. The highest BCUT2D eigenvalue weighted by Gasteiger charge is 2.17. The average molecular weight is 465 g/mol. The molecule has 0 saturated carbocycles. The Kier molecular flexibility index (Phi) is 6.94. The van der Waals surface area contributed by atoms with Gasteiger partial charge in [0.05, 0.1) is 22.7 Å². The molecule has 162 valence electrons. The molecule has 4 rings (SSSR count). The summed E-state index contributed by atoms with van der Waals surface area (Å²) in [5.41, 5.74) is 3.22. The minimum Gasteiger partial charge on any atom is -0.308 e. The summed E-state index contributed by atoms with van der Waals surface area (Å²) in [5, 5.41) is 25.7. The molecule has 0 unspecified atom stereocenters. The van der Waals surface area contributed by atoms with Gasteiger partial charge in [0.1, 0.15) is 4.34 Å². The van der Waals surface area contributed by atoms with Crippen LogP contribution in [-0.4, -0.2) is 38.2 Å². The van der Waals surface area contributed by atoms with Crippen molar-refractivity contribution in [1.29, 1.82) is 5.26 Å². The summed E-state index contributed by atoms with van der Waals surface area (Å²) in [7, 11) is 0. The molecule has 2 aromatic heterocycles. The van der Waals surface area contributed by atoms with Gasteiger partial charge in [-0.3, -0.25) is 4.90 Å². The number of nitrogens with one attached hydrogen (secondary N) is 2. The van der Waals surface area contributed by atoms with E-state index < -0.39 is 0 Å². The minimum atomic E-state index is -0.229. The number of nitrogens with zero attached hydrogens (tertiary/aromatic N) is 6. The summed E-state index contributed by atoms with van der Waals surface area (Å²) >= 11 is 5.81. The number of aryl methyl sites for hydroxylation is 1. The van der Waals surface area contributed by atoms with E-state index in [2.05, 4.69) is 49.6 Å². The third-order valence-electron chi connectivity index (χ3n) is 4.83. The SMILES string of the molecule is N#CCc1ccc(NC(=O)N(CCCCc2nn[nH]n2)c2ccc3nc(S)sc3c2)cc1. The molecule has 2 heterocycles. The van der Waals surface area contributed by atoms with Gasteiger partial charge in [0, 0.05) is 24.3 Å². The number of H-pyrrole nitrogens is 1. The molecule has 32 heavy (non-hydrogen) atoms. The number of thiol groups is 1. The zero-order valence-corrected chi connectivity index (χ0v) is 18.7. The number of hydrogen-bond acceptors (Lipinski definition) is 8. The van der Waals surface area contributed by atoms with E-state index in [0.29, 0.717) is 35.2 Å². The Morgan fingerprint density at radius 1 is 1.22 bits per heavy atom. The highest BCUT2D eigenvalue weighted by molar-refractivity contribution is 7.82. The van der Waals surface area contributed by atoms with Crippen molar-refractivity contribution in [3.8, 4) is 6.07 Å². The van der Waals surface area contributed by atoms with Gasteiger partial charge in [-0.25, -0.2) is 9.78 Å². The quantitative estimate of drug-likeness (QED) is 0.265. The van der Waals surface area contributed by atoms with Crippen LogP contribution in [0.15, 0.2) is 46.8 Å². The third-order valence-corrected chi connectivity index (χ3v) is 6.02. The first kappa shape index (κ1) is 21.7. The second-order valence-electron chi connectivity index (χ2n) is 7.05. The van der Waals surface area contributed by atoms with E-state index in [1.165, 1.54) is 11.3 Å². The van der Waals surface area contributed by atoms with E-state index in [0.717, 1.165) is 34.3 Å². The molecule has 0 bridgehead atoms. The first-order valence-electron chi connectivity index (χ1n) is 9.98. The number of aromatic amines is 1. The minimum absolute atomic E-state index is 0.229. The van der Waals surface area contributed by atoms with Crippen LogP contribution in [0.25, 0.3) is 10.2 Å². The van der Waals surface area contributed by atoms with E-state index >= 15 is 0 Å². The molecule has 0 aliphatic carbocycles. The van der Waals surface area contributed by atoms with Crippen molar-refractivity contribution in [2.75, 3.05) is 16.8 Å². The van der Waals surface area contributed by atoms with E-state index in [9.17, 15) is 4.79 Å². The Morgan fingerprint density at radius 2 is 2.06 bits per heavy atom.